The monoisotopic (exact) mass is 298 g/mol. The van der Waals surface area contributed by atoms with E-state index in [4.69, 9.17) is 0 Å². The molecule has 0 fully saturated rings. The first-order valence-corrected chi connectivity index (χ1v) is 7.42. The Labute approximate surface area is 123 Å². The third-order valence-electron chi connectivity index (χ3n) is 3.15. The van der Waals surface area contributed by atoms with Gasteiger partial charge in [-0.3, -0.25) is 5.32 Å². The van der Waals surface area contributed by atoms with Gasteiger partial charge in [0, 0.05) is 10.4 Å². The summed E-state index contributed by atoms with van der Waals surface area (Å²) in [6.45, 7) is 9.53. The Balaban J connectivity index is 2.87. The number of carboxylic acids is 1. The Kier molecular flexibility index (Phi) is 5.16. The van der Waals surface area contributed by atoms with Crippen molar-refractivity contribution < 1.29 is 14.7 Å². The van der Waals surface area contributed by atoms with Crippen LogP contribution in [0.15, 0.2) is 0 Å². The van der Waals surface area contributed by atoms with Gasteiger partial charge in [-0.2, -0.15) is 0 Å². The lowest BCUT2D eigenvalue weighted by Crippen LogP contribution is -2.45. The topological polar surface area (TPSA) is 78.4 Å². The highest BCUT2D eigenvalue weighted by Gasteiger charge is 2.23. The Morgan fingerprint density at radius 3 is 2.40 bits per heavy atom. The molecule has 1 aromatic rings. The van der Waals surface area contributed by atoms with E-state index < -0.39 is 5.97 Å². The molecule has 20 heavy (non-hydrogen) atoms. The van der Waals surface area contributed by atoms with Crippen LogP contribution in [0.25, 0.3) is 0 Å². The number of carboxylic acid groups (broad SMARTS) is 1. The largest absolute Gasteiger partial charge is 0.478 e. The lowest BCUT2D eigenvalue weighted by atomic mass is 9.99. The van der Waals surface area contributed by atoms with Gasteiger partial charge in [-0.05, 0) is 39.7 Å². The molecule has 0 bridgehead atoms. The fraction of sp³-hybridized carbons (Fsp3) is 0.571. The summed E-state index contributed by atoms with van der Waals surface area (Å²) in [7, 11) is 0. The number of nitrogens with one attached hydrogen (secondary N) is 2. The molecule has 3 N–H and O–H groups in total. The van der Waals surface area contributed by atoms with Crippen LogP contribution in [0.3, 0.4) is 0 Å². The Bertz CT molecular complexity index is 521. The maximum atomic E-state index is 12.0. The summed E-state index contributed by atoms with van der Waals surface area (Å²) in [6.07, 6.45) is 1.82. The number of hydrogen-bond acceptors (Lipinski definition) is 3. The van der Waals surface area contributed by atoms with Crippen LogP contribution in [-0.4, -0.2) is 22.6 Å². The van der Waals surface area contributed by atoms with Crippen molar-refractivity contribution in [3.05, 3.63) is 16.0 Å². The van der Waals surface area contributed by atoms with Crippen LogP contribution < -0.4 is 10.6 Å². The fourth-order valence-corrected chi connectivity index (χ4v) is 3.15. The van der Waals surface area contributed by atoms with E-state index in [1.54, 1.807) is 6.92 Å². The van der Waals surface area contributed by atoms with Crippen LogP contribution in [0.2, 0.25) is 0 Å². The van der Waals surface area contributed by atoms with Gasteiger partial charge >= 0.3 is 12.0 Å². The number of amides is 2. The van der Waals surface area contributed by atoms with Gasteiger partial charge in [0.1, 0.15) is 5.00 Å². The number of anilines is 1. The summed E-state index contributed by atoms with van der Waals surface area (Å²) >= 11 is 1.28. The van der Waals surface area contributed by atoms with Gasteiger partial charge in [0.15, 0.2) is 0 Å². The number of thiophene rings is 1. The van der Waals surface area contributed by atoms with Crippen LogP contribution in [0.5, 0.6) is 0 Å². The fourth-order valence-electron chi connectivity index (χ4n) is 2.10. The van der Waals surface area contributed by atoms with Crippen LogP contribution in [-0.2, 0) is 0 Å². The maximum Gasteiger partial charge on any atom is 0.338 e. The average Bonchev–Trinajstić information content (AvgIpc) is 2.52. The van der Waals surface area contributed by atoms with Gasteiger partial charge in [-0.1, -0.05) is 13.3 Å². The molecule has 0 unspecified atom stereocenters. The molecule has 0 aliphatic heterocycles. The highest BCUT2D eigenvalue weighted by Crippen LogP contribution is 2.32. The number of urea groups is 1. The van der Waals surface area contributed by atoms with E-state index >= 15 is 0 Å². The van der Waals surface area contributed by atoms with Crippen molar-refractivity contribution in [2.45, 2.75) is 53.0 Å². The van der Waals surface area contributed by atoms with E-state index in [2.05, 4.69) is 17.6 Å². The molecule has 1 aromatic heterocycles. The standard InChI is InChI=1S/C14H22N2O3S/c1-6-7-14(4,5)16-13(19)15-11-10(12(17)18)8(2)9(3)20-11/h6-7H2,1-5H3,(H,17,18)(H2,15,16,19). The number of aryl methyl sites for hydroxylation is 1. The molecule has 2 amide bonds. The van der Waals surface area contributed by atoms with Crippen molar-refractivity contribution in [3.63, 3.8) is 0 Å². The zero-order valence-corrected chi connectivity index (χ0v) is 13.4. The summed E-state index contributed by atoms with van der Waals surface area (Å²) in [5.74, 6) is -1.02. The molecular formula is C14H22N2O3S. The molecule has 0 spiro atoms. The van der Waals surface area contributed by atoms with Crippen LogP contribution in [0, 0.1) is 13.8 Å². The first kappa shape index (κ1) is 16.5. The smallest absolute Gasteiger partial charge is 0.338 e. The molecule has 1 heterocycles. The van der Waals surface area contributed by atoms with Gasteiger partial charge in [-0.15, -0.1) is 11.3 Å². The number of hydrogen-bond donors (Lipinski definition) is 3. The lowest BCUT2D eigenvalue weighted by Gasteiger charge is -2.25. The van der Waals surface area contributed by atoms with Crippen molar-refractivity contribution in [1.29, 1.82) is 0 Å². The zero-order valence-electron chi connectivity index (χ0n) is 12.6. The quantitative estimate of drug-likeness (QED) is 0.774. The minimum Gasteiger partial charge on any atom is -0.478 e. The highest BCUT2D eigenvalue weighted by atomic mass is 32.1. The maximum absolute atomic E-state index is 12.0. The van der Waals surface area contributed by atoms with E-state index in [1.807, 2.05) is 20.8 Å². The molecule has 0 atom stereocenters. The number of carbonyl (C=O) groups is 2. The summed E-state index contributed by atoms with van der Waals surface area (Å²) in [5.41, 5.74) is 0.561. The Morgan fingerprint density at radius 2 is 1.90 bits per heavy atom. The third-order valence-corrected chi connectivity index (χ3v) is 4.28. The Morgan fingerprint density at radius 1 is 1.30 bits per heavy atom. The van der Waals surface area contributed by atoms with Gasteiger partial charge in [-0.25, -0.2) is 9.59 Å². The molecule has 0 radical (unpaired) electrons. The first-order chi connectivity index (χ1) is 9.18. The number of aromatic carboxylic acids is 1. The van der Waals surface area contributed by atoms with E-state index in [1.165, 1.54) is 11.3 Å². The molecular weight excluding hydrogens is 276 g/mol. The molecule has 0 saturated carbocycles. The molecule has 112 valence electrons. The van der Waals surface area contributed by atoms with Crippen molar-refractivity contribution in [3.8, 4) is 0 Å². The molecule has 0 aromatic carbocycles. The second kappa shape index (κ2) is 6.26. The van der Waals surface area contributed by atoms with E-state index in [0.29, 0.717) is 10.6 Å². The van der Waals surface area contributed by atoms with Crippen molar-refractivity contribution in [2.24, 2.45) is 0 Å². The van der Waals surface area contributed by atoms with Crippen LogP contribution >= 0.6 is 11.3 Å². The minimum absolute atomic E-state index is 0.177. The Hall–Kier alpha value is -1.56. The van der Waals surface area contributed by atoms with Crippen molar-refractivity contribution >= 4 is 28.3 Å². The van der Waals surface area contributed by atoms with E-state index in [0.717, 1.165) is 17.7 Å². The molecule has 0 saturated heterocycles. The molecule has 1 rings (SSSR count). The summed E-state index contributed by atoms with van der Waals surface area (Å²) in [4.78, 5) is 24.1. The van der Waals surface area contributed by atoms with Gasteiger partial charge < -0.3 is 10.4 Å². The SMILES string of the molecule is CCCC(C)(C)NC(=O)Nc1sc(C)c(C)c1C(=O)O. The normalized spacial score (nSPS) is 11.2. The summed E-state index contributed by atoms with van der Waals surface area (Å²) in [6, 6.07) is -0.368. The highest BCUT2D eigenvalue weighted by molar-refractivity contribution is 7.16. The zero-order chi connectivity index (χ0) is 15.5. The van der Waals surface area contributed by atoms with Gasteiger partial charge in [0.25, 0.3) is 0 Å². The summed E-state index contributed by atoms with van der Waals surface area (Å²) in [5, 5.41) is 15.1. The van der Waals surface area contributed by atoms with E-state index in [9.17, 15) is 14.7 Å². The minimum atomic E-state index is -1.02. The van der Waals surface area contributed by atoms with E-state index in [-0.39, 0.29) is 17.1 Å². The molecule has 0 aliphatic rings. The second-order valence-corrected chi connectivity index (χ2v) is 6.73. The average molecular weight is 298 g/mol. The number of rotatable bonds is 5. The summed E-state index contributed by atoms with van der Waals surface area (Å²) < 4.78 is 0. The molecule has 6 heteroatoms. The molecule has 5 nitrogen and oxygen atoms in total. The predicted molar refractivity (Wildman–Crippen MR) is 81.9 cm³/mol. The van der Waals surface area contributed by atoms with Gasteiger partial charge in [0.2, 0.25) is 0 Å². The van der Waals surface area contributed by atoms with Gasteiger partial charge in [0.05, 0.1) is 5.56 Å². The first-order valence-electron chi connectivity index (χ1n) is 6.60. The van der Waals surface area contributed by atoms with Crippen molar-refractivity contribution in [2.75, 3.05) is 5.32 Å². The van der Waals surface area contributed by atoms with Crippen molar-refractivity contribution in [1.82, 2.24) is 5.32 Å². The van der Waals surface area contributed by atoms with Crippen LogP contribution in [0.1, 0.15) is 54.4 Å². The number of carbonyl (C=O) groups excluding carboxylic acids is 1. The lowest BCUT2D eigenvalue weighted by molar-refractivity contribution is 0.0697. The van der Waals surface area contributed by atoms with Crippen LogP contribution in [0.4, 0.5) is 9.80 Å². The third kappa shape index (κ3) is 3.96. The second-order valence-electron chi connectivity index (χ2n) is 5.51. The predicted octanol–water partition coefficient (Wildman–Crippen LogP) is 3.76. The molecule has 0 aliphatic carbocycles.